The molecule has 0 aliphatic heterocycles. The molecule has 0 aromatic heterocycles. The lowest BCUT2D eigenvalue weighted by Gasteiger charge is -2.14. The Balaban J connectivity index is 2.83. The van der Waals surface area contributed by atoms with Gasteiger partial charge in [0.2, 0.25) is 0 Å². The van der Waals surface area contributed by atoms with E-state index in [-0.39, 0.29) is 0 Å². The molecule has 0 heterocycles. The minimum Gasteiger partial charge on any atom is -0.497 e. The fourth-order valence-corrected chi connectivity index (χ4v) is 1.35. The second-order valence-corrected chi connectivity index (χ2v) is 3.42. The van der Waals surface area contributed by atoms with Gasteiger partial charge in [-0.1, -0.05) is 0 Å². The monoisotopic (exact) mass is 226 g/mol. The summed E-state index contributed by atoms with van der Waals surface area (Å²) in [6, 6.07) is 5.36. The van der Waals surface area contributed by atoms with Crippen LogP contribution in [0.1, 0.15) is 18.6 Å². The molecule has 1 atom stereocenters. The molecule has 90 valence electrons. The molecule has 4 heteroatoms. The highest BCUT2D eigenvalue weighted by Gasteiger charge is 2.10. The number of aliphatic hydroxyl groups is 1. The summed E-state index contributed by atoms with van der Waals surface area (Å²) >= 11 is 0. The standard InChI is InChI=1S/C12H18O4/c1-9(13)11-5-4-10(15-3)8-12(11)16-7-6-14-2/h4-5,8-9,13H,6-7H2,1-3H3/t9-/m1/s1. The molecule has 16 heavy (non-hydrogen) atoms. The number of aliphatic hydroxyl groups excluding tert-OH is 1. The van der Waals surface area contributed by atoms with E-state index in [9.17, 15) is 5.11 Å². The Bertz CT molecular complexity index is 323. The summed E-state index contributed by atoms with van der Waals surface area (Å²) in [5.74, 6) is 1.34. The van der Waals surface area contributed by atoms with Crippen molar-refractivity contribution in [1.82, 2.24) is 0 Å². The molecular weight excluding hydrogens is 208 g/mol. The maximum Gasteiger partial charge on any atom is 0.128 e. The Morgan fingerprint density at radius 2 is 2.00 bits per heavy atom. The van der Waals surface area contributed by atoms with Crippen LogP contribution in [0.5, 0.6) is 11.5 Å². The largest absolute Gasteiger partial charge is 0.497 e. The third-order valence-electron chi connectivity index (χ3n) is 2.22. The molecule has 0 aliphatic rings. The maximum atomic E-state index is 9.57. The van der Waals surface area contributed by atoms with Crippen molar-refractivity contribution in [2.24, 2.45) is 0 Å². The van der Waals surface area contributed by atoms with Crippen LogP contribution < -0.4 is 9.47 Å². The summed E-state index contributed by atoms with van der Waals surface area (Å²) in [4.78, 5) is 0. The quantitative estimate of drug-likeness (QED) is 0.751. The Morgan fingerprint density at radius 1 is 1.25 bits per heavy atom. The molecular formula is C12H18O4. The first kappa shape index (κ1) is 12.8. The average molecular weight is 226 g/mol. The molecule has 0 aliphatic carbocycles. The van der Waals surface area contributed by atoms with Crippen LogP contribution in [-0.4, -0.2) is 32.5 Å². The number of benzene rings is 1. The van der Waals surface area contributed by atoms with Gasteiger partial charge in [-0.15, -0.1) is 0 Å². The summed E-state index contributed by atoms with van der Waals surface area (Å²) in [6.07, 6.45) is -0.566. The van der Waals surface area contributed by atoms with Crippen molar-refractivity contribution >= 4 is 0 Å². The first-order valence-electron chi connectivity index (χ1n) is 5.16. The minimum atomic E-state index is -0.566. The third-order valence-corrected chi connectivity index (χ3v) is 2.22. The van der Waals surface area contributed by atoms with Gasteiger partial charge in [0.05, 0.1) is 19.8 Å². The van der Waals surface area contributed by atoms with Crippen molar-refractivity contribution in [2.75, 3.05) is 27.4 Å². The fraction of sp³-hybridized carbons (Fsp3) is 0.500. The number of ether oxygens (including phenoxy) is 3. The van der Waals surface area contributed by atoms with Gasteiger partial charge in [-0.05, 0) is 19.1 Å². The van der Waals surface area contributed by atoms with Crippen LogP contribution in [0.4, 0.5) is 0 Å². The van der Waals surface area contributed by atoms with E-state index in [0.717, 1.165) is 5.56 Å². The smallest absolute Gasteiger partial charge is 0.128 e. The number of rotatable bonds is 6. The summed E-state index contributed by atoms with van der Waals surface area (Å²) in [5.41, 5.74) is 0.747. The van der Waals surface area contributed by atoms with E-state index in [4.69, 9.17) is 14.2 Å². The van der Waals surface area contributed by atoms with Crippen LogP contribution >= 0.6 is 0 Å². The van der Waals surface area contributed by atoms with Crippen molar-refractivity contribution in [3.05, 3.63) is 23.8 Å². The molecule has 0 amide bonds. The van der Waals surface area contributed by atoms with Gasteiger partial charge in [0.25, 0.3) is 0 Å². The molecule has 0 radical (unpaired) electrons. The van der Waals surface area contributed by atoms with Crippen molar-refractivity contribution in [1.29, 1.82) is 0 Å². The number of hydrogen-bond donors (Lipinski definition) is 1. The highest BCUT2D eigenvalue weighted by Crippen LogP contribution is 2.29. The van der Waals surface area contributed by atoms with E-state index >= 15 is 0 Å². The lowest BCUT2D eigenvalue weighted by atomic mass is 10.1. The van der Waals surface area contributed by atoms with Crippen LogP contribution in [0.2, 0.25) is 0 Å². The van der Waals surface area contributed by atoms with Crippen LogP contribution in [0.3, 0.4) is 0 Å². The van der Waals surface area contributed by atoms with Crippen molar-refractivity contribution < 1.29 is 19.3 Å². The Kier molecular flexibility index (Phi) is 5.08. The molecule has 1 N–H and O–H groups in total. The minimum absolute atomic E-state index is 0.448. The zero-order valence-corrected chi connectivity index (χ0v) is 9.90. The van der Waals surface area contributed by atoms with Gasteiger partial charge in [-0.3, -0.25) is 0 Å². The van der Waals surface area contributed by atoms with Gasteiger partial charge in [0, 0.05) is 18.7 Å². The summed E-state index contributed by atoms with van der Waals surface area (Å²) in [7, 11) is 3.21. The predicted octanol–water partition coefficient (Wildman–Crippen LogP) is 1.77. The van der Waals surface area contributed by atoms with E-state index in [1.807, 2.05) is 0 Å². The van der Waals surface area contributed by atoms with Crippen LogP contribution in [0, 0.1) is 0 Å². The van der Waals surface area contributed by atoms with E-state index in [0.29, 0.717) is 24.7 Å². The van der Waals surface area contributed by atoms with E-state index < -0.39 is 6.10 Å². The molecule has 1 aromatic rings. The molecule has 0 unspecified atom stereocenters. The number of hydrogen-bond acceptors (Lipinski definition) is 4. The van der Waals surface area contributed by atoms with Crippen molar-refractivity contribution in [3.63, 3.8) is 0 Å². The Hall–Kier alpha value is -1.26. The first-order chi connectivity index (χ1) is 7.69. The summed E-state index contributed by atoms with van der Waals surface area (Å²) < 4.78 is 15.5. The van der Waals surface area contributed by atoms with E-state index in [1.54, 1.807) is 39.3 Å². The zero-order chi connectivity index (χ0) is 12.0. The van der Waals surface area contributed by atoms with Gasteiger partial charge >= 0.3 is 0 Å². The Morgan fingerprint density at radius 3 is 2.56 bits per heavy atom. The molecule has 0 saturated carbocycles. The molecule has 1 rings (SSSR count). The maximum absolute atomic E-state index is 9.57. The molecule has 0 spiro atoms. The van der Waals surface area contributed by atoms with Crippen LogP contribution in [0.15, 0.2) is 18.2 Å². The summed E-state index contributed by atoms with van der Waals surface area (Å²) in [5, 5.41) is 9.57. The lowest BCUT2D eigenvalue weighted by Crippen LogP contribution is -2.07. The van der Waals surface area contributed by atoms with Crippen molar-refractivity contribution in [3.8, 4) is 11.5 Å². The second kappa shape index (κ2) is 6.35. The van der Waals surface area contributed by atoms with Crippen molar-refractivity contribution in [2.45, 2.75) is 13.0 Å². The van der Waals surface area contributed by atoms with Gasteiger partial charge in [0.15, 0.2) is 0 Å². The second-order valence-electron chi connectivity index (χ2n) is 3.42. The fourth-order valence-electron chi connectivity index (χ4n) is 1.35. The van der Waals surface area contributed by atoms with Crippen LogP contribution in [-0.2, 0) is 4.74 Å². The first-order valence-corrected chi connectivity index (χ1v) is 5.16. The average Bonchev–Trinajstić information content (AvgIpc) is 2.29. The van der Waals surface area contributed by atoms with E-state index in [1.165, 1.54) is 0 Å². The third kappa shape index (κ3) is 3.40. The Labute approximate surface area is 95.8 Å². The van der Waals surface area contributed by atoms with Gasteiger partial charge in [0.1, 0.15) is 18.1 Å². The highest BCUT2D eigenvalue weighted by atomic mass is 16.5. The van der Waals surface area contributed by atoms with Gasteiger partial charge in [-0.2, -0.15) is 0 Å². The number of methoxy groups -OCH3 is 2. The van der Waals surface area contributed by atoms with E-state index in [2.05, 4.69) is 0 Å². The molecule has 0 saturated heterocycles. The molecule has 0 bridgehead atoms. The zero-order valence-electron chi connectivity index (χ0n) is 9.90. The van der Waals surface area contributed by atoms with Crippen LogP contribution in [0.25, 0.3) is 0 Å². The molecule has 1 aromatic carbocycles. The highest BCUT2D eigenvalue weighted by molar-refractivity contribution is 5.41. The molecule has 4 nitrogen and oxygen atoms in total. The summed E-state index contributed by atoms with van der Waals surface area (Å²) in [6.45, 7) is 2.66. The predicted molar refractivity (Wildman–Crippen MR) is 61.0 cm³/mol. The lowest BCUT2D eigenvalue weighted by molar-refractivity contribution is 0.140. The SMILES string of the molecule is COCCOc1cc(OC)ccc1[C@@H](C)O. The molecule has 0 fully saturated rings. The topological polar surface area (TPSA) is 47.9 Å². The van der Waals surface area contributed by atoms with Gasteiger partial charge in [-0.25, -0.2) is 0 Å². The normalized spacial score (nSPS) is 12.2. The van der Waals surface area contributed by atoms with Gasteiger partial charge < -0.3 is 19.3 Å².